The highest BCUT2D eigenvalue weighted by atomic mass is 32.2. The van der Waals surface area contributed by atoms with Crippen molar-refractivity contribution in [3.8, 4) is 33.5 Å². The fourth-order valence-electron chi connectivity index (χ4n) is 3.19. The highest BCUT2D eigenvalue weighted by molar-refractivity contribution is 7.98. The summed E-state index contributed by atoms with van der Waals surface area (Å²) < 4.78 is 16.8. The van der Waals surface area contributed by atoms with Crippen LogP contribution in [0, 0.1) is 0 Å². The van der Waals surface area contributed by atoms with E-state index >= 15 is 0 Å². The minimum Gasteiger partial charge on any atom is -0.493 e. The molecule has 32 heavy (non-hydrogen) atoms. The number of thiazole rings is 1. The molecule has 6 nitrogen and oxygen atoms in total. The monoisotopic (exact) mass is 467 g/mol. The van der Waals surface area contributed by atoms with Crippen molar-refractivity contribution in [2.45, 2.75) is 37.2 Å². The van der Waals surface area contributed by atoms with Gasteiger partial charge < -0.3 is 13.9 Å². The van der Waals surface area contributed by atoms with E-state index in [4.69, 9.17) is 18.9 Å². The number of nitrogens with zero attached hydrogens (tertiary/aromatic N) is 3. The van der Waals surface area contributed by atoms with E-state index in [1.807, 2.05) is 35.7 Å². The predicted octanol–water partition coefficient (Wildman–Crippen LogP) is 6.47. The molecule has 0 radical (unpaired) electrons. The molecule has 2 aromatic carbocycles. The van der Waals surface area contributed by atoms with Gasteiger partial charge >= 0.3 is 0 Å². The molecule has 4 rings (SSSR count). The number of hydrogen-bond donors (Lipinski definition) is 0. The normalized spacial score (nSPS) is 11.5. The molecule has 4 aromatic rings. The number of ether oxygens (including phenoxy) is 2. The van der Waals surface area contributed by atoms with E-state index in [0.717, 1.165) is 21.8 Å². The third kappa shape index (κ3) is 4.81. The first-order valence-corrected chi connectivity index (χ1v) is 12.0. The van der Waals surface area contributed by atoms with Gasteiger partial charge in [-0.25, -0.2) is 4.98 Å². The molecule has 0 aliphatic rings. The van der Waals surface area contributed by atoms with E-state index in [-0.39, 0.29) is 5.41 Å². The van der Waals surface area contributed by atoms with Crippen LogP contribution in [0.4, 0.5) is 0 Å². The molecular formula is C24H25N3O3S2. The zero-order chi connectivity index (χ0) is 22.7. The number of hydrogen-bond acceptors (Lipinski definition) is 8. The van der Waals surface area contributed by atoms with E-state index in [0.29, 0.717) is 28.4 Å². The van der Waals surface area contributed by atoms with Crippen LogP contribution in [-0.2, 0) is 11.2 Å². The summed E-state index contributed by atoms with van der Waals surface area (Å²) in [5.74, 6) is 2.52. The highest BCUT2D eigenvalue weighted by Gasteiger charge is 2.17. The first-order valence-electron chi connectivity index (χ1n) is 10.1. The summed E-state index contributed by atoms with van der Waals surface area (Å²) in [7, 11) is 3.26. The molecule has 0 saturated carbocycles. The van der Waals surface area contributed by atoms with E-state index in [9.17, 15) is 0 Å². The lowest BCUT2D eigenvalue weighted by molar-refractivity contribution is 0.356. The summed E-state index contributed by atoms with van der Waals surface area (Å²) in [5, 5.41) is 11.8. The van der Waals surface area contributed by atoms with Crippen molar-refractivity contribution < 1.29 is 13.9 Å². The summed E-state index contributed by atoms with van der Waals surface area (Å²) >= 11 is 3.04. The van der Waals surface area contributed by atoms with Gasteiger partial charge in [0.25, 0.3) is 5.22 Å². The van der Waals surface area contributed by atoms with Crippen LogP contribution in [0.1, 0.15) is 32.0 Å². The zero-order valence-corrected chi connectivity index (χ0v) is 20.3. The topological polar surface area (TPSA) is 70.3 Å². The van der Waals surface area contributed by atoms with Crippen molar-refractivity contribution in [2.24, 2.45) is 0 Å². The van der Waals surface area contributed by atoms with Crippen LogP contribution < -0.4 is 9.47 Å². The Kier molecular flexibility index (Phi) is 6.53. The molecule has 0 amide bonds. The van der Waals surface area contributed by atoms with Gasteiger partial charge in [0, 0.05) is 16.7 Å². The van der Waals surface area contributed by atoms with Crippen molar-refractivity contribution >= 4 is 23.1 Å². The molecule has 2 heterocycles. The van der Waals surface area contributed by atoms with Crippen molar-refractivity contribution in [1.29, 1.82) is 0 Å². The number of aromatic nitrogens is 3. The number of rotatable bonds is 7. The molecule has 0 aliphatic heterocycles. The first-order chi connectivity index (χ1) is 15.4. The van der Waals surface area contributed by atoms with E-state index in [1.165, 1.54) is 17.3 Å². The molecule has 0 atom stereocenters. The molecule has 8 heteroatoms. The highest BCUT2D eigenvalue weighted by Crippen LogP contribution is 2.39. The Hall–Kier alpha value is -2.84. The maximum Gasteiger partial charge on any atom is 0.277 e. The summed E-state index contributed by atoms with van der Waals surface area (Å²) in [6.45, 7) is 6.58. The molecule has 0 bridgehead atoms. The number of benzene rings is 2. The van der Waals surface area contributed by atoms with E-state index in [1.54, 1.807) is 25.6 Å². The molecule has 0 N–H and O–H groups in total. The van der Waals surface area contributed by atoms with Gasteiger partial charge in [0.1, 0.15) is 5.01 Å². The Bertz CT molecular complexity index is 1190. The summed E-state index contributed by atoms with van der Waals surface area (Å²) in [4.78, 5) is 4.75. The van der Waals surface area contributed by atoms with Crippen molar-refractivity contribution in [2.75, 3.05) is 14.2 Å². The fourth-order valence-corrected chi connectivity index (χ4v) is 4.79. The van der Waals surface area contributed by atoms with Gasteiger partial charge in [0.2, 0.25) is 5.89 Å². The molecule has 0 saturated heterocycles. The van der Waals surface area contributed by atoms with Crippen LogP contribution in [0.15, 0.2) is 57.5 Å². The SMILES string of the molecule is COc1cccc(-c2nc(CSc3nnc(-c4ccc(C(C)(C)C)cc4)o3)cs2)c1OC. The molecule has 0 fully saturated rings. The van der Waals surface area contributed by atoms with Crippen LogP contribution in [0.2, 0.25) is 0 Å². The third-order valence-corrected chi connectivity index (χ3v) is 6.71. The average molecular weight is 468 g/mol. The van der Waals surface area contributed by atoms with E-state index in [2.05, 4.69) is 43.1 Å². The van der Waals surface area contributed by atoms with Gasteiger partial charge in [0.05, 0.1) is 25.5 Å². The van der Waals surface area contributed by atoms with Crippen LogP contribution >= 0.6 is 23.1 Å². The predicted molar refractivity (Wildman–Crippen MR) is 129 cm³/mol. The zero-order valence-electron chi connectivity index (χ0n) is 18.7. The summed E-state index contributed by atoms with van der Waals surface area (Å²) in [5.41, 5.74) is 4.14. The Balaban J connectivity index is 1.44. The number of thioether (sulfide) groups is 1. The second-order valence-corrected chi connectivity index (χ2v) is 9.96. The smallest absolute Gasteiger partial charge is 0.277 e. The van der Waals surface area contributed by atoms with Crippen molar-refractivity contribution in [3.05, 3.63) is 59.1 Å². The number of para-hydroxylation sites is 1. The molecule has 2 aromatic heterocycles. The lowest BCUT2D eigenvalue weighted by atomic mass is 9.87. The van der Waals surface area contributed by atoms with Gasteiger partial charge in [-0.05, 0) is 35.2 Å². The molecule has 0 spiro atoms. The van der Waals surface area contributed by atoms with Crippen LogP contribution in [0.3, 0.4) is 0 Å². The van der Waals surface area contributed by atoms with Crippen molar-refractivity contribution in [1.82, 2.24) is 15.2 Å². The lowest BCUT2D eigenvalue weighted by Gasteiger charge is -2.18. The van der Waals surface area contributed by atoms with Gasteiger partial charge in [-0.3, -0.25) is 0 Å². The van der Waals surface area contributed by atoms with Crippen LogP contribution in [0.25, 0.3) is 22.0 Å². The summed E-state index contributed by atoms with van der Waals surface area (Å²) in [6.07, 6.45) is 0. The van der Waals surface area contributed by atoms with Gasteiger partial charge in [-0.2, -0.15) is 0 Å². The molecular weight excluding hydrogens is 442 g/mol. The van der Waals surface area contributed by atoms with Crippen LogP contribution in [0.5, 0.6) is 11.5 Å². The minimum atomic E-state index is 0.107. The lowest BCUT2D eigenvalue weighted by Crippen LogP contribution is -2.10. The molecule has 0 unspecified atom stereocenters. The Morgan fingerprint density at radius 3 is 2.47 bits per heavy atom. The second kappa shape index (κ2) is 9.34. The number of methoxy groups -OCH3 is 2. The Morgan fingerprint density at radius 2 is 1.78 bits per heavy atom. The Labute approximate surface area is 196 Å². The third-order valence-electron chi connectivity index (χ3n) is 4.93. The maximum atomic E-state index is 5.85. The fraction of sp³-hybridized carbons (Fsp3) is 0.292. The standard InChI is InChI=1S/C24H25N3O3S2/c1-24(2,3)16-11-9-15(10-12-16)21-26-27-23(30-21)32-14-17-13-31-22(25-17)18-7-6-8-19(28-4)20(18)29-5/h6-13H,14H2,1-5H3. The van der Waals surface area contributed by atoms with E-state index < -0.39 is 0 Å². The largest absolute Gasteiger partial charge is 0.493 e. The minimum absolute atomic E-state index is 0.107. The average Bonchev–Trinajstić information content (AvgIpc) is 3.46. The van der Waals surface area contributed by atoms with Gasteiger partial charge in [-0.15, -0.1) is 21.5 Å². The van der Waals surface area contributed by atoms with Gasteiger partial charge in [0.15, 0.2) is 11.5 Å². The quantitative estimate of drug-likeness (QED) is 0.289. The van der Waals surface area contributed by atoms with Crippen molar-refractivity contribution in [3.63, 3.8) is 0 Å². The summed E-state index contributed by atoms with van der Waals surface area (Å²) in [6, 6.07) is 14.0. The second-order valence-electron chi connectivity index (χ2n) is 8.17. The molecule has 0 aliphatic carbocycles. The Morgan fingerprint density at radius 1 is 1.00 bits per heavy atom. The van der Waals surface area contributed by atoms with Gasteiger partial charge in [-0.1, -0.05) is 50.7 Å². The van der Waals surface area contributed by atoms with Crippen LogP contribution in [-0.4, -0.2) is 29.4 Å². The molecule has 166 valence electrons. The maximum absolute atomic E-state index is 5.85. The first kappa shape index (κ1) is 22.4.